The molecule has 104 valence electrons. The van der Waals surface area contributed by atoms with E-state index in [2.05, 4.69) is 27.7 Å². The third-order valence-corrected chi connectivity index (χ3v) is 4.55. The molecule has 0 amide bonds. The number of halogens is 1. The van der Waals surface area contributed by atoms with Crippen LogP contribution in [0, 0.1) is 0 Å². The number of carbonyl (C=O) groups excluding carboxylic acids is 1. The lowest BCUT2D eigenvalue weighted by atomic mass is 9.62. The van der Waals surface area contributed by atoms with Crippen molar-refractivity contribution in [2.45, 2.75) is 51.4 Å². The van der Waals surface area contributed by atoms with Gasteiger partial charge in [0.15, 0.2) is 0 Å². The normalized spacial score (nSPS) is 19.7. The molecule has 0 N–H and O–H groups in total. The quantitative estimate of drug-likeness (QED) is 0.750. The summed E-state index contributed by atoms with van der Waals surface area (Å²) in [5.41, 5.74) is 3.02. The predicted molar refractivity (Wildman–Crippen MR) is 78.5 cm³/mol. The Hall–Kier alpha value is -1.02. The number of benzene rings is 1. The molecule has 0 aromatic heterocycles. The van der Waals surface area contributed by atoms with E-state index in [1.54, 1.807) is 13.2 Å². The first-order valence-electron chi connectivity index (χ1n) is 6.62. The van der Waals surface area contributed by atoms with Crippen LogP contribution in [0.15, 0.2) is 12.1 Å². The Morgan fingerprint density at radius 1 is 1.16 bits per heavy atom. The highest BCUT2D eigenvalue weighted by Crippen LogP contribution is 2.49. The fourth-order valence-corrected chi connectivity index (χ4v) is 3.12. The highest BCUT2D eigenvalue weighted by atomic mass is 35.5. The summed E-state index contributed by atoms with van der Waals surface area (Å²) < 4.78 is 5.52. The zero-order valence-electron chi connectivity index (χ0n) is 12.3. The molecule has 1 aliphatic rings. The topological polar surface area (TPSA) is 26.3 Å². The fourth-order valence-electron chi connectivity index (χ4n) is 3.01. The first-order valence-corrected chi connectivity index (χ1v) is 7.00. The van der Waals surface area contributed by atoms with E-state index < -0.39 is 5.24 Å². The minimum absolute atomic E-state index is 0.0421. The summed E-state index contributed by atoms with van der Waals surface area (Å²) in [5.74, 6) is 0.777. The van der Waals surface area contributed by atoms with Gasteiger partial charge < -0.3 is 4.74 Å². The van der Waals surface area contributed by atoms with Crippen molar-refractivity contribution >= 4 is 16.8 Å². The maximum Gasteiger partial charge on any atom is 0.252 e. The van der Waals surface area contributed by atoms with Crippen molar-refractivity contribution in [1.29, 1.82) is 0 Å². The summed E-state index contributed by atoms with van der Waals surface area (Å²) in [6.45, 7) is 8.88. The van der Waals surface area contributed by atoms with Crippen LogP contribution in [0.25, 0.3) is 0 Å². The Morgan fingerprint density at radius 2 is 1.74 bits per heavy atom. The standard InChI is InChI=1S/C16H21ClO2/c1-15(2)6-7-16(3,4)13-11(15)8-10(14(17)18)9-12(13)19-5/h8-9H,6-7H2,1-5H3. The van der Waals surface area contributed by atoms with E-state index in [1.807, 2.05) is 6.07 Å². The molecule has 0 saturated carbocycles. The number of methoxy groups -OCH3 is 1. The van der Waals surface area contributed by atoms with Crippen molar-refractivity contribution in [3.05, 3.63) is 28.8 Å². The Bertz CT molecular complexity index is 530. The molecular formula is C16H21ClO2. The Labute approximate surface area is 120 Å². The van der Waals surface area contributed by atoms with E-state index in [4.69, 9.17) is 16.3 Å². The Morgan fingerprint density at radius 3 is 2.26 bits per heavy atom. The Kier molecular flexibility index (Phi) is 3.42. The average Bonchev–Trinajstić information content (AvgIpc) is 2.33. The van der Waals surface area contributed by atoms with Crippen molar-refractivity contribution < 1.29 is 9.53 Å². The summed E-state index contributed by atoms with van der Waals surface area (Å²) in [6.07, 6.45) is 2.20. The largest absolute Gasteiger partial charge is 0.496 e. The van der Waals surface area contributed by atoms with Gasteiger partial charge >= 0.3 is 0 Å². The van der Waals surface area contributed by atoms with Gasteiger partial charge in [-0.1, -0.05) is 27.7 Å². The molecule has 0 atom stereocenters. The highest BCUT2D eigenvalue weighted by molar-refractivity contribution is 6.67. The van der Waals surface area contributed by atoms with Gasteiger partial charge in [-0.3, -0.25) is 4.79 Å². The fraction of sp³-hybridized carbons (Fsp3) is 0.562. The summed E-state index contributed by atoms with van der Waals surface area (Å²) in [7, 11) is 1.65. The molecule has 2 rings (SSSR count). The molecule has 0 radical (unpaired) electrons. The Balaban J connectivity index is 2.78. The number of hydrogen-bond acceptors (Lipinski definition) is 2. The summed E-state index contributed by atoms with van der Waals surface area (Å²) in [5, 5.41) is -0.430. The number of carbonyl (C=O) groups is 1. The number of rotatable bonds is 2. The van der Waals surface area contributed by atoms with E-state index >= 15 is 0 Å². The molecule has 0 heterocycles. The molecule has 1 aromatic rings. The molecule has 0 spiro atoms. The molecule has 1 aromatic carbocycles. The highest BCUT2D eigenvalue weighted by Gasteiger charge is 2.39. The number of hydrogen-bond donors (Lipinski definition) is 0. The molecular weight excluding hydrogens is 260 g/mol. The zero-order chi connectivity index (χ0) is 14.4. The van der Waals surface area contributed by atoms with Gasteiger partial charge in [-0.2, -0.15) is 0 Å². The van der Waals surface area contributed by atoms with Gasteiger partial charge in [0, 0.05) is 11.1 Å². The molecule has 0 aliphatic heterocycles. The smallest absolute Gasteiger partial charge is 0.252 e. The van der Waals surface area contributed by atoms with Gasteiger partial charge in [-0.05, 0) is 53.0 Å². The lowest BCUT2D eigenvalue weighted by molar-refractivity contribution is 0.108. The number of ether oxygens (including phenoxy) is 1. The van der Waals surface area contributed by atoms with Crippen LogP contribution in [-0.4, -0.2) is 12.4 Å². The second-order valence-corrected chi connectivity index (χ2v) is 6.99. The van der Waals surface area contributed by atoms with Crippen LogP contribution in [0.4, 0.5) is 0 Å². The van der Waals surface area contributed by atoms with E-state index in [0.717, 1.165) is 18.6 Å². The first kappa shape index (κ1) is 14.4. The van der Waals surface area contributed by atoms with Gasteiger partial charge in [0.2, 0.25) is 0 Å². The molecule has 3 heteroatoms. The van der Waals surface area contributed by atoms with Crippen molar-refractivity contribution in [1.82, 2.24) is 0 Å². The molecule has 0 fully saturated rings. The molecule has 0 unspecified atom stereocenters. The van der Waals surface area contributed by atoms with E-state index in [1.165, 1.54) is 11.1 Å². The lowest BCUT2D eigenvalue weighted by Crippen LogP contribution is -2.34. The lowest BCUT2D eigenvalue weighted by Gasteiger charge is -2.42. The minimum Gasteiger partial charge on any atom is -0.496 e. The van der Waals surface area contributed by atoms with Crippen LogP contribution in [0.1, 0.15) is 62.0 Å². The third-order valence-electron chi connectivity index (χ3n) is 4.33. The zero-order valence-corrected chi connectivity index (χ0v) is 13.0. The van der Waals surface area contributed by atoms with E-state index in [-0.39, 0.29) is 10.8 Å². The van der Waals surface area contributed by atoms with Crippen molar-refractivity contribution in [2.24, 2.45) is 0 Å². The molecule has 1 aliphatic carbocycles. The van der Waals surface area contributed by atoms with Gasteiger partial charge in [-0.15, -0.1) is 0 Å². The minimum atomic E-state index is -0.430. The van der Waals surface area contributed by atoms with Crippen LogP contribution in [0.5, 0.6) is 5.75 Å². The van der Waals surface area contributed by atoms with Crippen LogP contribution in [0.2, 0.25) is 0 Å². The molecule has 0 bridgehead atoms. The van der Waals surface area contributed by atoms with Crippen LogP contribution in [-0.2, 0) is 10.8 Å². The van der Waals surface area contributed by atoms with E-state index in [0.29, 0.717) is 5.56 Å². The van der Waals surface area contributed by atoms with E-state index in [9.17, 15) is 4.79 Å². The average molecular weight is 281 g/mol. The van der Waals surface area contributed by atoms with Crippen molar-refractivity contribution in [3.8, 4) is 5.75 Å². The van der Waals surface area contributed by atoms with Crippen LogP contribution in [0.3, 0.4) is 0 Å². The molecule has 19 heavy (non-hydrogen) atoms. The summed E-state index contributed by atoms with van der Waals surface area (Å²) in [6, 6.07) is 3.70. The second kappa shape index (κ2) is 4.52. The van der Waals surface area contributed by atoms with Crippen LogP contribution >= 0.6 is 11.6 Å². The number of fused-ring (bicyclic) bond motifs is 1. The van der Waals surface area contributed by atoms with Crippen molar-refractivity contribution in [3.63, 3.8) is 0 Å². The van der Waals surface area contributed by atoms with Crippen molar-refractivity contribution in [2.75, 3.05) is 7.11 Å². The predicted octanol–water partition coefficient (Wildman–Crippen LogP) is 4.42. The van der Waals surface area contributed by atoms with Crippen LogP contribution < -0.4 is 4.74 Å². The van der Waals surface area contributed by atoms with Gasteiger partial charge in [-0.25, -0.2) is 0 Å². The summed E-state index contributed by atoms with van der Waals surface area (Å²) in [4.78, 5) is 11.5. The molecule has 0 saturated heterocycles. The third kappa shape index (κ3) is 2.38. The summed E-state index contributed by atoms with van der Waals surface area (Å²) >= 11 is 5.64. The van der Waals surface area contributed by atoms with Gasteiger partial charge in [0.05, 0.1) is 7.11 Å². The second-order valence-electron chi connectivity index (χ2n) is 6.64. The van der Waals surface area contributed by atoms with Gasteiger partial charge in [0.1, 0.15) is 5.75 Å². The molecule has 2 nitrogen and oxygen atoms in total. The maximum absolute atomic E-state index is 11.5. The maximum atomic E-state index is 11.5. The monoisotopic (exact) mass is 280 g/mol. The first-order chi connectivity index (χ1) is 8.69. The SMILES string of the molecule is COc1cc(C(=O)Cl)cc2c1C(C)(C)CCC2(C)C. The van der Waals surface area contributed by atoms with Gasteiger partial charge in [0.25, 0.3) is 5.24 Å².